The van der Waals surface area contributed by atoms with E-state index in [1.54, 1.807) is 31.4 Å². The molecule has 0 aliphatic rings. The van der Waals surface area contributed by atoms with E-state index in [0.717, 1.165) is 24.1 Å². The van der Waals surface area contributed by atoms with Crippen molar-refractivity contribution in [3.63, 3.8) is 0 Å². The van der Waals surface area contributed by atoms with Gasteiger partial charge in [-0.1, -0.05) is 36.4 Å². The summed E-state index contributed by atoms with van der Waals surface area (Å²) in [4.78, 5) is 0. The third-order valence-corrected chi connectivity index (χ3v) is 6.15. The lowest BCUT2D eigenvalue weighted by atomic mass is 9.96. The van der Waals surface area contributed by atoms with E-state index in [2.05, 4.69) is 4.74 Å². The number of rotatable bonds is 9. The molecule has 0 spiro atoms. The van der Waals surface area contributed by atoms with E-state index < -0.39 is 29.6 Å². The second-order valence-electron chi connectivity index (χ2n) is 8.82. The summed E-state index contributed by atoms with van der Waals surface area (Å²) in [5, 5.41) is 0.826. The van der Waals surface area contributed by atoms with Crippen LogP contribution in [0.15, 0.2) is 60.7 Å². The highest BCUT2D eigenvalue weighted by Crippen LogP contribution is 2.32. The number of hydrogen-bond acceptors (Lipinski definition) is 2. The van der Waals surface area contributed by atoms with Gasteiger partial charge >= 0.3 is 6.36 Å². The predicted molar refractivity (Wildman–Crippen MR) is 130 cm³/mol. The largest absolute Gasteiger partial charge is 0.573 e. The Morgan fingerprint density at radius 2 is 1.42 bits per heavy atom. The van der Waals surface area contributed by atoms with Gasteiger partial charge in [0, 0.05) is 24.7 Å². The number of alkyl halides is 3. The number of fused-ring (bicyclic) bond motifs is 1. The Morgan fingerprint density at radius 1 is 0.711 bits per heavy atom. The number of ether oxygens (including phenoxy) is 2. The Bertz CT molecular complexity index is 1420. The fraction of sp³-hybridized carbons (Fsp3) is 0.241. The summed E-state index contributed by atoms with van der Waals surface area (Å²) in [6, 6.07) is 14.5. The fourth-order valence-electron chi connectivity index (χ4n) is 4.32. The van der Waals surface area contributed by atoms with Crippen LogP contribution in [-0.2, 0) is 24.0 Å². The van der Waals surface area contributed by atoms with Crippen LogP contribution in [0.25, 0.3) is 21.9 Å². The molecule has 0 aliphatic carbocycles. The lowest BCUT2D eigenvalue weighted by Gasteiger charge is -2.12. The average Bonchev–Trinajstić information content (AvgIpc) is 2.85. The highest BCUT2D eigenvalue weighted by molar-refractivity contribution is 5.88. The Labute approximate surface area is 214 Å². The SMILES string of the molecule is COCCCc1ccc(-c2ccc3c(F)c(CCc4cc(F)c(OC(F)(F)F)c(F)c4)ccc3c2)c(F)c1. The highest BCUT2D eigenvalue weighted by atomic mass is 19.4. The molecule has 0 heterocycles. The standard InChI is InChI=1S/C29H23F7O2/c1-37-12-2-3-17-5-10-22(24(30)13-17)20-9-11-23-21(16-20)8-7-19(27(23)33)6-4-18-14-25(31)28(26(32)15-18)38-29(34,35)36/h5,7-11,13-16H,2-4,6,12H2,1H3. The minimum atomic E-state index is -5.24. The van der Waals surface area contributed by atoms with Gasteiger partial charge in [-0.2, -0.15) is 0 Å². The van der Waals surface area contributed by atoms with Gasteiger partial charge in [-0.15, -0.1) is 13.2 Å². The van der Waals surface area contributed by atoms with Crippen molar-refractivity contribution in [2.45, 2.75) is 32.0 Å². The van der Waals surface area contributed by atoms with E-state index in [1.165, 1.54) is 18.2 Å². The van der Waals surface area contributed by atoms with E-state index in [0.29, 0.717) is 29.5 Å². The maximum atomic E-state index is 15.2. The van der Waals surface area contributed by atoms with Gasteiger partial charge in [0.05, 0.1) is 0 Å². The summed E-state index contributed by atoms with van der Waals surface area (Å²) in [6.07, 6.45) is -3.77. The second kappa shape index (κ2) is 11.4. The van der Waals surface area contributed by atoms with Crippen molar-refractivity contribution in [2.24, 2.45) is 0 Å². The van der Waals surface area contributed by atoms with Crippen molar-refractivity contribution >= 4 is 10.8 Å². The zero-order valence-electron chi connectivity index (χ0n) is 20.3. The summed E-state index contributed by atoms with van der Waals surface area (Å²) in [5.74, 6) is -5.47. The van der Waals surface area contributed by atoms with E-state index in [-0.39, 0.29) is 35.2 Å². The third kappa shape index (κ3) is 6.45. The Hall–Kier alpha value is -3.59. The summed E-state index contributed by atoms with van der Waals surface area (Å²) < 4.78 is 103. The molecule has 9 heteroatoms. The molecule has 0 N–H and O–H groups in total. The zero-order valence-corrected chi connectivity index (χ0v) is 20.3. The number of halogens is 7. The molecule has 4 aromatic rings. The number of aryl methyl sites for hydroxylation is 3. The molecule has 0 unspecified atom stereocenters. The van der Waals surface area contributed by atoms with Gasteiger partial charge in [0.2, 0.25) is 5.75 Å². The highest BCUT2D eigenvalue weighted by Gasteiger charge is 2.34. The van der Waals surface area contributed by atoms with Gasteiger partial charge < -0.3 is 9.47 Å². The van der Waals surface area contributed by atoms with E-state index in [9.17, 15) is 26.3 Å². The Kier molecular flexibility index (Phi) is 8.26. The molecule has 0 amide bonds. The summed E-state index contributed by atoms with van der Waals surface area (Å²) in [5.41, 5.74) is 2.12. The van der Waals surface area contributed by atoms with Crippen molar-refractivity contribution in [3.05, 3.63) is 101 Å². The predicted octanol–water partition coefficient (Wildman–Crippen LogP) is 8.33. The lowest BCUT2D eigenvalue weighted by molar-refractivity contribution is -0.276. The molecule has 4 rings (SSSR count). The Balaban J connectivity index is 1.52. The molecular weight excluding hydrogens is 513 g/mol. The Morgan fingerprint density at radius 3 is 2.08 bits per heavy atom. The molecule has 0 aliphatic heterocycles. The van der Waals surface area contributed by atoms with Crippen LogP contribution in [0.1, 0.15) is 23.1 Å². The quantitative estimate of drug-likeness (QED) is 0.158. The minimum Gasteiger partial charge on any atom is -0.399 e. The number of benzene rings is 4. The molecule has 0 radical (unpaired) electrons. The first-order valence-electron chi connectivity index (χ1n) is 11.8. The first-order valence-corrected chi connectivity index (χ1v) is 11.8. The van der Waals surface area contributed by atoms with E-state index >= 15 is 4.39 Å². The van der Waals surface area contributed by atoms with Gasteiger partial charge in [-0.05, 0) is 77.6 Å². The van der Waals surface area contributed by atoms with Crippen molar-refractivity contribution < 1.29 is 40.2 Å². The van der Waals surface area contributed by atoms with Crippen LogP contribution in [0.2, 0.25) is 0 Å². The van der Waals surface area contributed by atoms with Crippen molar-refractivity contribution in [1.29, 1.82) is 0 Å². The molecule has 0 fully saturated rings. The normalized spacial score (nSPS) is 11.8. The van der Waals surface area contributed by atoms with Gasteiger partial charge in [-0.3, -0.25) is 0 Å². The van der Waals surface area contributed by atoms with Crippen LogP contribution in [0, 0.1) is 23.3 Å². The second-order valence-corrected chi connectivity index (χ2v) is 8.82. The molecule has 38 heavy (non-hydrogen) atoms. The van der Waals surface area contributed by atoms with Crippen molar-refractivity contribution in [2.75, 3.05) is 13.7 Å². The number of methoxy groups -OCH3 is 1. The van der Waals surface area contributed by atoms with Crippen LogP contribution >= 0.6 is 0 Å². The van der Waals surface area contributed by atoms with Gasteiger partial charge in [-0.25, -0.2) is 17.6 Å². The summed E-state index contributed by atoms with van der Waals surface area (Å²) in [6.45, 7) is 0.582. The maximum Gasteiger partial charge on any atom is 0.573 e. The molecule has 200 valence electrons. The smallest absolute Gasteiger partial charge is 0.399 e. The molecule has 0 saturated carbocycles. The van der Waals surface area contributed by atoms with E-state index in [1.807, 2.05) is 6.07 Å². The van der Waals surface area contributed by atoms with Crippen LogP contribution in [0.4, 0.5) is 30.7 Å². The van der Waals surface area contributed by atoms with Gasteiger partial charge in [0.15, 0.2) is 11.6 Å². The summed E-state index contributed by atoms with van der Waals surface area (Å²) in [7, 11) is 1.61. The molecule has 0 atom stereocenters. The molecule has 2 nitrogen and oxygen atoms in total. The van der Waals surface area contributed by atoms with Gasteiger partial charge in [0.25, 0.3) is 0 Å². The topological polar surface area (TPSA) is 18.5 Å². The minimum absolute atomic E-state index is 0.0252. The van der Waals surface area contributed by atoms with Crippen molar-refractivity contribution in [1.82, 2.24) is 0 Å². The first-order chi connectivity index (χ1) is 18.1. The number of hydrogen-bond donors (Lipinski definition) is 0. The van der Waals surface area contributed by atoms with Crippen LogP contribution in [0.5, 0.6) is 5.75 Å². The monoisotopic (exact) mass is 536 g/mol. The molecular formula is C29H23F7O2. The first kappa shape index (κ1) is 27.4. The fourth-order valence-corrected chi connectivity index (χ4v) is 4.32. The van der Waals surface area contributed by atoms with Gasteiger partial charge in [0.1, 0.15) is 11.6 Å². The average molecular weight is 536 g/mol. The van der Waals surface area contributed by atoms with Crippen LogP contribution < -0.4 is 4.74 Å². The molecule has 0 aromatic heterocycles. The molecule has 4 aromatic carbocycles. The zero-order chi connectivity index (χ0) is 27.4. The van der Waals surface area contributed by atoms with Crippen LogP contribution in [-0.4, -0.2) is 20.1 Å². The lowest BCUT2D eigenvalue weighted by Crippen LogP contribution is -2.19. The maximum absolute atomic E-state index is 15.2. The molecule has 0 bridgehead atoms. The third-order valence-electron chi connectivity index (χ3n) is 6.15. The molecule has 0 saturated heterocycles. The van der Waals surface area contributed by atoms with Crippen molar-refractivity contribution in [3.8, 4) is 16.9 Å². The van der Waals surface area contributed by atoms with Crippen LogP contribution in [0.3, 0.4) is 0 Å². The summed E-state index contributed by atoms with van der Waals surface area (Å²) >= 11 is 0. The van der Waals surface area contributed by atoms with E-state index in [4.69, 9.17) is 4.74 Å².